The number of aromatic nitrogens is 2. The molecule has 2 heterocycles. The standard InChI is InChI=1S/C36H32F3N5O4/c1-47-31-18-23-15-17-44(21-24(23)19-32(31)48-2)16-14-22-10-12-25(13-11-22)41-35(46)33-26(36(37,38)39)6-5-9-29(33)43-34(45)30-20-40-27-7-3-4-8-28(27)42-30/h3-13,18-20H,14-17,21H2,1-2H3,(H,41,46)(H,43,45). The van der Waals surface area contributed by atoms with Crippen molar-refractivity contribution in [3.8, 4) is 11.5 Å². The number of nitrogens with zero attached hydrogens (tertiary/aromatic N) is 3. The van der Waals surface area contributed by atoms with Crippen molar-refractivity contribution in [2.24, 2.45) is 0 Å². The van der Waals surface area contributed by atoms with Crippen LogP contribution in [0.1, 0.15) is 43.1 Å². The van der Waals surface area contributed by atoms with Gasteiger partial charge < -0.3 is 20.1 Å². The maximum Gasteiger partial charge on any atom is 0.417 e. The zero-order valence-corrected chi connectivity index (χ0v) is 26.2. The number of anilines is 2. The molecule has 6 rings (SSSR count). The molecule has 2 N–H and O–H groups in total. The van der Waals surface area contributed by atoms with Crippen molar-refractivity contribution in [2.75, 3.05) is 37.9 Å². The second-order valence-corrected chi connectivity index (χ2v) is 11.3. The molecule has 0 atom stereocenters. The molecule has 0 radical (unpaired) electrons. The average molecular weight is 656 g/mol. The van der Waals surface area contributed by atoms with Crippen molar-refractivity contribution >= 4 is 34.2 Å². The van der Waals surface area contributed by atoms with Crippen LogP contribution in [0.25, 0.3) is 11.0 Å². The number of nitrogens with one attached hydrogen (secondary N) is 2. The minimum atomic E-state index is -4.85. The van der Waals surface area contributed by atoms with Gasteiger partial charge in [0.2, 0.25) is 0 Å². The van der Waals surface area contributed by atoms with Crippen molar-refractivity contribution in [3.05, 3.63) is 119 Å². The smallest absolute Gasteiger partial charge is 0.417 e. The number of hydrogen-bond acceptors (Lipinski definition) is 7. The monoisotopic (exact) mass is 655 g/mol. The molecule has 0 fully saturated rings. The summed E-state index contributed by atoms with van der Waals surface area (Å²) in [4.78, 5) is 37.2. The van der Waals surface area contributed by atoms with E-state index in [2.05, 4.69) is 25.5 Å². The second-order valence-electron chi connectivity index (χ2n) is 11.3. The van der Waals surface area contributed by atoms with E-state index in [9.17, 15) is 22.8 Å². The Morgan fingerprint density at radius 2 is 1.56 bits per heavy atom. The first kappa shape index (κ1) is 32.5. The third-order valence-electron chi connectivity index (χ3n) is 8.25. The molecule has 12 heteroatoms. The Morgan fingerprint density at radius 3 is 2.27 bits per heavy atom. The van der Waals surface area contributed by atoms with E-state index in [4.69, 9.17) is 9.47 Å². The summed E-state index contributed by atoms with van der Waals surface area (Å²) >= 11 is 0. The van der Waals surface area contributed by atoms with E-state index in [-0.39, 0.29) is 11.4 Å². The van der Waals surface area contributed by atoms with Gasteiger partial charge in [0.05, 0.1) is 48.3 Å². The number of hydrogen-bond donors (Lipinski definition) is 2. The number of fused-ring (bicyclic) bond motifs is 2. The summed E-state index contributed by atoms with van der Waals surface area (Å²) in [6.45, 7) is 2.46. The number of alkyl halides is 3. The van der Waals surface area contributed by atoms with Crippen LogP contribution in [-0.2, 0) is 25.6 Å². The van der Waals surface area contributed by atoms with Gasteiger partial charge in [0.15, 0.2) is 11.5 Å². The summed E-state index contributed by atoms with van der Waals surface area (Å²) in [6.07, 6.45) is -2.00. The van der Waals surface area contributed by atoms with Gasteiger partial charge in [0.25, 0.3) is 11.8 Å². The van der Waals surface area contributed by atoms with E-state index in [0.717, 1.165) is 55.9 Å². The molecule has 5 aromatic rings. The average Bonchev–Trinajstić information content (AvgIpc) is 3.09. The fraction of sp³-hybridized carbons (Fsp3) is 0.222. The number of rotatable bonds is 9. The first-order chi connectivity index (χ1) is 23.1. The molecule has 1 aliphatic heterocycles. The molecule has 0 saturated heterocycles. The van der Waals surface area contributed by atoms with Gasteiger partial charge >= 0.3 is 6.18 Å². The molecule has 9 nitrogen and oxygen atoms in total. The maximum atomic E-state index is 14.1. The third kappa shape index (κ3) is 7.08. The fourth-order valence-electron chi connectivity index (χ4n) is 5.76. The highest BCUT2D eigenvalue weighted by atomic mass is 19.4. The quantitative estimate of drug-likeness (QED) is 0.181. The van der Waals surface area contributed by atoms with Gasteiger partial charge in [0.1, 0.15) is 5.69 Å². The minimum Gasteiger partial charge on any atom is -0.493 e. The Balaban J connectivity index is 1.13. The molecule has 4 aromatic carbocycles. The molecule has 1 aliphatic rings. The van der Waals surface area contributed by atoms with Crippen LogP contribution in [0.3, 0.4) is 0 Å². The maximum absolute atomic E-state index is 14.1. The van der Waals surface area contributed by atoms with Crippen LogP contribution in [0.5, 0.6) is 11.5 Å². The Labute approximate surface area is 274 Å². The van der Waals surface area contributed by atoms with E-state index >= 15 is 0 Å². The number of methoxy groups -OCH3 is 2. The lowest BCUT2D eigenvalue weighted by molar-refractivity contribution is -0.137. The van der Waals surface area contributed by atoms with Gasteiger partial charge in [-0.1, -0.05) is 30.3 Å². The number of amides is 2. The molecule has 0 aliphatic carbocycles. The molecule has 246 valence electrons. The highest BCUT2D eigenvalue weighted by Crippen LogP contribution is 2.36. The second kappa shape index (κ2) is 13.7. The predicted molar refractivity (Wildman–Crippen MR) is 176 cm³/mol. The molecular formula is C36H32F3N5O4. The van der Waals surface area contributed by atoms with Crippen LogP contribution in [0, 0.1) is 0 Å². The van der Waals surface area contributed by atoms with Crippen LogP contribution >= 0.6 is 0 Å². The molecule has 2 amide bonds. The Bertz CT molecular complexity index is 1980. The summed E-state index contributed by atoms with van der Waals surface area (Å²) in [5, 5.41) is 4.99. The number of ether oxygens (including phenoxy) is 2. The fourth-order valence-corrected chi connectivity index (χ4v) is 5.76. The first-order valence-electron chi connectivity index (χ1n) is 15.2. The van der Waals surface area contributed by atoms with E-state index < -0.39 is 29.1 Å². The molecule has 0 saturated carbocycles. The van der Waals surface area contributed by atoms with Gasteiger partial charge in [-0.15, -0.1) is 0 Å². The van der Waals surface area contributed by atoms with Crippen LogP contribution in [0.4, 0.5) is 24.5 Å². The number of carbonyl (C=O) groups is 2. The number of para-hydroxylation sites is 2. The molecule has 1 aromatic heterocycles. The lowest BCUT2D eigenvalue weighted by Gasteiger charge is -2.29. The van der Waals surface area contributed by atoms with Crippen LogP contribution in [-0.4, -0.2) is 54.0 Å². The lowest BCUT2D eigenvalue weighted by atomic mass is 9.98. The van der Waals surface area contributed by atoms with Crippen LogP contribution in [0.2, 0.25) is 0 Å². The van der Waals surface area contributed by atoms with E-state index in [1.165, 1.54) is 23.4 Å². The SMILES string of the molecule is COc1cc2c(cc1OC)CN(CCc1ccc(NC(=O)c3c(NC(=O)c4cnc5ccccc5n4)cccc3C(F)(F)F)cc1)CC2. The van der Waals surface area contributed by atoms with Crippen molar-refractivity contribution in [1.82, 2.24) is 14.9 Å². The number of halogens is 3. The highest BCUT2D eigenvalue weighted by Gasteiger charge is 2.37. The summed E-state index contributed by atoms with van der Waals surface area (Å²) in [6, 6.07) is 21.1. The zero-order chi connectivity index (χ0) is 33.8. The van der Waals surface area contributed by atoms with Crippen molar-refractivity contribution in [1.29, 1.82) is 0 Å². The van der Waals surface area contributed by atoms with E-state index in [1.807, 2.05) is 24.3 Å². The third-order valence-corrected chi connectivity index (χ3v) is 8.25. The summed E-state index contributed by atoms with van der Waals surface area (Å²) in [5.41, 5.74) is 2.43. The Kier molecular flexibility index (Phi) is 9.26. The van der Waals surface area contributed by atoms with Gasteiger partial charge in [-0.25, -0.2) is 4.98 Å². The molecule has 0 spiro atoms. The predicted octanol–water partition coefficient (Wildman–Crippen LogP) is 6.77. The Hall–Kier alpha value is -5.49. The first-order valence-corrected chi connectivity index (χ1v) is 15.2. The molecule has 0 bridgehead atoms. The van der Waals surface area contributed by atoms with Gasteiger partial charge in [-0.2, -0.15) is 13.2 Å². The Morgan fingerprint density at radius 1 is 0.854 bits per heavy atom. The lowest BCUT2D eigenvalue weighted by Crippen LogP contribution is -2.32. The van der Waals surface area contributed by atoms with Gasteiger partial charge in [-0.3, -0.25) is 19.5 Å². The number of benzene rings is 4. The molecule has 48 heavy (non-hydrogen) atoms. The van der Waals surface area contributed by atoms with Crippen LogP contribution in [0.15, 0.2) is 85.1 Å². The van der Waals surface area contributed by atoms with Gasteiger partial charge in [0, 0.05) is 25.3 Å². The highest BCUT2D eigenvalue weighted by molar-refractivity contribution is 6.13. The van der Waals surface area contributed by atoms with Crippen molar-refractivity contribution in [2.45, 2.75) is 25.6 Å². The molecule has 0 unspecified atom stereocenters. The van der Waals surface area contributed by atoms with Gasteiger partial charge in [-0.05, 0) is 78.1 Å². The van der Waals surface area contributed by atoms with E-state index in [0.29, 0.717) is 22.5 Å². The zero-order valence-electron chi connectivity index (χ0n) is 26.2. The van der Waals surface area contributed by atoms with Crippen molar-refractivity contribution in [3.63, 3.8) is 0 Å². The minimum absolute atomic E-state index is 0.109. The summed E-state index contributed by atoms with van der Waals surface area (Å²) in [7, 11) is 3.24. The summed E-state index contributed by atoms with van der Waals surface area (Å²) in [5.74, 6) is -0.408. The van der Waals surface area contributed by atoms with Crippen LogP contribution < -0.4 is 20.1 Å². The number of carbonyl (C=O) groups excluding carboxylic acids is 2. The molecular weight excluding hydrogens is 623 g/mol. The normalized spacial score (nSPS) is 13.1. The summed E-state index contributed by atoms with van der Waals surface area (Å²) < 4.78 is 53.1. The van der Waals surface area contributed by atoms with E-state index in [1.54, 1.807) is 50.6 Å². The largest absolute Gasteiger partial charge is 0.493 e. The topological polar surface area (TPSA) is 106 Å². The van der Waals surface area contributed by atoms with Crippen molar-refractivity contribution < 1.29 is 32.2 Å².